The summed E-state index contributed by atoms with van der Waals surface area (Å²) in [6, 6.07) is 6.45. The fraction of sp³-hybridized carbons (Fsp3) is 0.182. The van der Waals surface area contributed by atoms with E-state index in [1.807, 2.05) is 12.4 Å². The number of aryl methyl sites for hydroxylation is 2. The van der Waals surface area contributed by atoms with Gasteiger partial charge < -0.3 is 0 Å². The summed E-state index contributed by atoms with van der Waals surface area (Å²) in [6.45, 7) is 4.19. The van der Waals surface area contributed by atoms with Gasteiger partial charge in [0.1, 0.15) is 0 Å². The van der Waals surface area contributed by atoms with Crippen LogP contribution in [0.25, 0.3) is 10.8 Å². The minimum atomic E-state index is 1.23. The van der Waals surface area contributed by atoms with E-state index in [2.05, 4.69) is 37.0 Å². The van der Waals surface area contributed by atoms with Gasteiger partial charge in [0, 0.05) is 17.8 Å². The van der Waals surface area contributed by atoms with Crippen molar-refractivity contribution in [1.29, 1.82) is 0 Å². The van der Waals surface area contributed by atoms with Crippen LogP contribution in [0.2, 0.25) is 0 Å². The van der Waals surface area contributed by atoms with E-state index in [0.717, 1.165) is 0 Å². The molecule has 0 amide bonds. The molecule has 1 heterocycles. The van der Waals surface area contributed by atoms with Gasteiger partial charge in [-0.05, 0) is 30.9 Å². The van der Waals surface area contributed by atoms with Crippen molar-refractivity contribution in [2.24, 2.45) is 0 Å². The third-order valence-electron chi connectivity index (χ3n) is 2.11. The Bertz CT molecular complexity index is 418. The van der Waals surface area contributed by atoms with Crippen molar-refractivity contribution in [3.8, 4) is 0 Å². The van der Waals surface area contributed by atoms with Crippen LogP contribution >= 0.6 is 0 Å². The zero-order valence-electron chi connectivity index (χ0n) is 7.33. The molecule has 1 heteroatoms. The third kappa shape index (κ3) is 1.07. The number of pyridine rings is 1. The summed E-state index contributed by atoms with van der Waals surface area (Å²) in [5.74, 6) is 0. The number of fused-ring (bicyclic) bond motifs is 1. The molecular formula is C11H11N. The van der Waals surface area contributed by atoms with Crippen LogP contribution in [0.15, 0.2) is 30.6 Å². The average molecular weight is 157 g/mol. The Morgan fingerprint density at radius 2 is 1.92 bits per heavy atom. The van der Waals surface area contributed by atoms with Crippen molar-refractivity contribution >= 4 is 10.8 Å². The number of rotatable bonds is 0. The lowest BCUT2D eigenvalue weighted by Gasteiger charge is -2.00. The van der Waals surface area contributed by atoms with Gasteiger partial charge in [0.25, 0.3) is 0 Å². The Balaban J connectivity index is 2.86. The Hall–Kier alpha value is -1.37. The van der Waals surface area contributed by atoms with E-state index in [9.17, 15) is 0 Å². The fourth-order valence-electron chi connectivity index (χ4n) is 1.45. The van der Waals surface area contributed by atoms with Gasteiger partial charge in [0.15, 0.2) is 0 Å². The lowest BCUT2D eigenvalue weighted by molar-refractivity contribution is 1.30. The van der Waals surface area contributed by atoms with E-state index in [1.54, 1.807) is 0 Å². The van der Waals surface area contributed by atoms with Gasteiger partial charge in [-0.15, -0.1) is 0 Å². The number of hydrogen-bond donors (Lipinski definition) is 0. The molecule has 2 aromatic rings. The van der Waals surface area contributed by atoms with Crippen molar-refractivity contribution in [1.82, 2.24) is 4.98 Å². The molecule has 0 fully saturated rings. The first-order valence-corrected chi connectivity index (χ1v) is 4.08. The molecule has 60 valence electrons. The normalized spacial score (nSPS) is 10.5. The predicted octanol–water partition coefficient (Wildman–Crippen LogP) is 2.85. The van der Waals surface area contributed by atoms with Crippen molar-refractivity contribution in [3.63, 3.8) is 0 Å². The fourth-order valence-corrected chi connectivity index (χ4v) is 1.45. The zero-order valence-corrected chi connectivity index (χ0v) is 7.33. The quantitative estimate of drug-likeness (QED) is 0.573. The molecule has 2 rings (SSSR count). The molecule has 0 aliphatic rings. The highest BCUT2D eigenvalue weighted by Crippen LogP contribution is 2.17. The molecule has 0 spiro atoms. The van der Waals surface area contributed by atoms with Gasteiger partial charge in [-0.1, -0.05) is 17.7 Å². The first-order valence-electron chi connectivity index (χ1n) is 4.08. The molecule has 1 nitrogen and oxygen atoms in total. The molecule has 0 bridgehead atoms. The molecule has 1 aromatic carbocycles. The van der Waals surface area contributed by atoms with E-state index >= 15 is 0 Å². The molecule has 0 N–H and O–H groups in total. The molecule has 0 saturated heterocycles. The molecule has 0 radical (unpaired) electrons. The summed E-state index contributed by atoms with van der Waals surface area (Å²) < 4.78 is 0. The molecule has 0 saturated carbocycles. The Labute approximate surface area is 72.1 Å². The highest BCUT2D eigenvalue weighted by atomic mass is 14.6. The molecular weight excluding hydrogens is 146 g/mol. The molecule has 0 unspecified atom stereocenters. The Morgan fingerprint density at radius 1 is 1.08 bits per heavy atom. The third-order valence-corrected chi connectivity index (χ3v) is 2.11. The summed E-state index contributed by atoms with van der Waals surface area (Å²) in [4.78, 5) is 4.15. The van der Waals surface area contributed by atoms with Crippen LogP contribution in [0.5, 0.6) is 0 Å². The van der Waals surface area contributed by atoms with Crippen molar-refractivity contribution in [2.45, 2.75) is 13.8 Å². The van der Waals surface area contributed by atoms with Crippen molar-refractivity contribution in [3.05, 3.63) is 41.7 Å². The van der Waals surface area contributed by atoms with Gasteiger partial charge in [-0.25, -0.2) is 0 Å². The second-order valence-corrected chi connectivity index (χ2v) is 3.18. The van der Waals surface area contributed by atoms with Crippen LogP contribution in [0.1, 0.15) is 11.1 Å². The zero-order chi connectivity index (χ0) is 8.55. The number of aromatic nitrogens is 1. The van der Waals surface area contributed by atoms with Gasteiger partial charge >= 0.3 is 0 Å². The van der Waals surface area contributed by atoms with E-state index in [0.29, 0.717) is 0 Å². The number of benzene rings is 1. The second kappa shape index (κ2) is 2.59. The highest BCUT2D eigenvalue weighted by Gasteiger charge is 1.95. The van der Waals surface area contributed by atoms with Gasteiger partial charge in [0.2, 0.25) is 0 Å². The minimum absolute atomic E-state index is 1.23. The number of nitrogens with zero attached hydrogens (tertiary/aromatic N) is 1. The first kappa shape index (κ1) is 7.29. The Kier molecular flexibility index (Phi) is 1.58. The van der Waals surface area contributed by atoms with Gasteiger partial charge in [-0.2, -0.15) is 0 Å². The minimum Gasteiger partial charge on any atom is -0.264 e. The van der Waals surface area contributed by atoms with E-state index in [-0.39, 0.29) is 0 Å². The summed E-state index contributed by atoms with van der Waals surface area (Å²) in [5.41, 5.74) is 2.53. The number of hydrogen-bond acceptors (Lipinski definition) is 1. The summed E-state index contributed by atoms with van der Waals surface area (Å²) in [5, 5.41) is 2.53. The maximum atomic E-state index is 4.15. The van der Waals surface area contributed by atoms with E-state index < -0.39 is 0 Å². The van der Waals surface area contributed by atoms with Crippen LogP contribution in [0.4, 0.5) is 0 Å². The van der Waals surface area contributed by atoms with Gasteiger partial charge in [-0.3, -0.25) is 4.98 Å². The lowest BCUT2D eigenvalue weighted by Crippen LogP contribution is -1.81. The van der Waals surface area contributed by atoms with Crippen LogP contribution in [0.3, 0.4) is 0 Å². The summed E-state index contributed by atoms with van der Waals surface area (Å²) in [6.07, 6.45) is 3.81. The van der Waals surface area contributed by atoms with E-state index in [1.165, 1.54) is 21.9 Å². The molecule has 0 aliphatic carbocycles. The lowest BCUT2D eigenvalue weighted by atomic mass is 10.1. The standard InChI is InChI=1S/C11H11N/c1-8-3-4-11-9(2)6-12-7-10(11)5-8/h3-7H,1-2H3. The van der Waals surface area contributed by atoms with Crippen LogP contribution in [-0.4, -0.2) is 4.98 Å². The molecule has 0 aliphatic heterocycles. The largest absolute Gasteiger partial charge is 0.264 e. The maximum Gasteiger partial charge on any atom is 0.0346 e. The van der Waals surface area contributed by atoms with Crippen molar-refractivity contribution in [2.75, 3.05) is 0 Å². The van der Waals surface area contributed by atoms with Crippen molar-refractivity contribution < 1.29 is 0 Å². The predicted molar refractivity (Wildman–Crippen MR) is 51.2 cm³/mol. The molecule has 1 aromatic heterocycles. The van der Waals surface area contributed by atoms with Crippen LogP contribution < -0.4 is 0 Å². The smallest absolute Gasteiger partial charge is 0.0346 e. The first-order chi connectivity index (χ1) is 5.77. The molecule has 12 heavy (non-hydrogen) atoms. The Morgan fingerprint density at radius 3 is 2.75 bits per heavy atom. The molecule has 0 atom stereocenters. The average Bonchev–Trinajstić information content (AvgIpc) is 2.04. The summed E-state index contributed by atoms with van der Waals surface area (Å²) >= 11 is 0. The monoisotopic (exact) mass is 157 g/mol. The SMILES string of the molecule is Cc1ccc2c(C)cncc2c1. The topological polar surface area (TPSA) is 12.9 Å². The second-order valence-electron chi connectivity index (χ2n) is 3.18. The van der Waals surface area contributed by atoms with Gasteiger partial charge in [0.05, 0.1) is 0 Å². The maximum absolute atomic E-state index is 4.15. The summed E-state index contributed by atoms with van der Waals surface area (Å²) in [7, 11) is 0. The van der Waals surface area contributed by atoms with E-state index in [4.69, 9.17) is 0 Å². The highest BCUT2D eigenvalue weighted by molar-refractivity contribution is 5.84. The van der Waals surface area contributed by atoms with Crippen LogP contribution in [-0.2, 0) is 0 Å². The van der Waals surface area contributed by atoms with Crippen LogP contribution in [0, 0.1) is 13.8 Å².